The maximum absolute atomic E-state index is 13.1. The van der Waals surface area contributed by atoms with E-state index in [1.165, 1.54) is 0 Å². The Labute approximate surface area is 161 Å². The highest BCUT2D eigenvalue weighted by molar-refractivity contribution is 5.81. The number of rotatable bonds is 4. The number of amides is 2. The number of carbonyl (C=O) groups is 2. The summed E-state index contributed by atoms with van der Waals surface area (Å²) in [5, 5.41) is 2.45. The van der Waals surface area contributed by atoms with Crippen LogP contribution >= 0.6 is 0 Å². The molecule has 156 valence electrons. The van der Waals surface area contributed by atoms with Crippen molar-refractivity contribution in [2.24, 2.45) is 5.41 Å². The fraction of sp³-hybridized carbons (Fsp3) is 0.579. The second-order valence-electron chi connectivity index (χ2n) is 7.89. The molecule has 0 atom stereocenters. The number of nitrogens with zero attached hydrogens (tertiary/aromatic N) is 2. The molecule has 0 unspecified atom stereocenters. The van der Waals surface area contributed by atoms with Gasteiger partial charge < -0.3 is 10.2 Å². The van der Waals surface area contributed by atoms with Crippen LogP contribution in [0.25, 0.3) is 0 Å². The van der Waals surface area contributed by atoms with E-state index in [2.05, 4.69) is 5.32 Å². The van der Waals surface area contributed by atoms with Gasteiger partial charge in [-0.2, -0.15) is 13.2 Å². The Kier molecular flexibility index (Phi) is 6.69. The summed E-state index contributed by atoms with van der Waals surface area (Å²) in [7, 11) is 0. The van der Waals surface area contributed by atoms with E-state index in [9.17, 15) is 27.2 Å². The first-order chi connectivity index (χ1) is 12.9. The summed E-state index contributed by atoms with van der Waals surface area (Å²) in [5.74, 6) is -1.36. The summed E-state index contributed by atoms with van der Waals surface area (Å²) in [4.78, 5) is 27.9. The van der Waals surface area contributed by atoms with Gasteiger partial charge in [0.1, 0.15) is 5.82 Å². The Bertz CT molecular complexity index is 721. The lowest BCUT2D eigenvalue weighted by Crippen LogP contribution is -2.53. The molecule has 28 heavy (non-hydrogen) atoms. The van der Waals surface area contributed by atoms with Gasteiger partial charge in [0.05, 0.1) is 12.1 Å². The second-order valence-corrected chi connectivity index (χ2v) is 7.89. The van der Waals surface area contributed by atoms with Crippen molar-refractivity contribution < 1.29 is 27.2 Å². The Morgan fingerprint density at radius 1 is 1.07 bits per heavy atom. The zero-order valence-corrected chi connectivity index (χ0v) is 16.2. The topological polar surface area (TPSA) is 52.7 Å². The predicted molar refractivity (Wildman–Crippen MR) is 95.7 cm³/mol. The van der Waals surface area contributed by atoms with Gasteiger partial charge in [0.15, 0.2) is 0 Å². The summed E-state index contributed by atoms with van der Waals surface area (Å²) in [6.07, 6.45) is -4.70. The lowest BCUT2D eigenvalue weighted by Gasteiger charge is -2.37. The Morgan fingerprint density at radius 3 is 2.21 bits per heavy atom. The van der Waals surface area contributed by atoms with Crippen LogP contribution in [0, 0.1) is 11.2 Å². The molecule has 0 aromatic heterocycles. The van der Waals surface area contributed by atoms with Gasteiger partial charge >= 0.3 is 6.18 Å². The summed E-state index contributed by atoms with van der Waals surface area (Å²) in [6, 6.07) is 2.38. The molecular formula is C19H25F4N3O2. The van der Waals surface area contributed by atoms with Crippen molar-refractivity contribution in [3.05, 3.63) is 35.1 Å². The number of halogens is 4. The molecule has 0 saturated carbocycles. The smallest absolute Gasteiger partial charge is 0.351 e. The molecule has 1 aliphatic heterocycles. The van der Waals surface area contributed by atoms with Gasteiger partial charge in [-0.1, -0.05) is 26.8 Å². The molecule has 9 heteroatoms. The number of hydrogen-bond acceptors (Lipinski definition) is 3. The maximum Gasteiger partial charge on any atom is 0.416 e. The Hall–Kier alpha value is -2.16. The summed E-state index contributed by atoms with van der Waals surface area (Å²) >= 11 is 0. The molecule has 5 nitrogen and oxygen atoms in total. The lowest BCUT2D eigenvalue weighted by molar-refractivity contribution is -0.141. The Balaban J connectivity index is 1.86. The summed E-state index contributed by atoms with van der Waals surface area (Å²) < 4.78 is 52.1. The molecule has 1 saturated heterocycles. The number of carbonyl (C=O) groups excluding carboxylic acids is 2. The zero-order valence-electron chi connectivity index (χ0n) is 16.2. The van der Waals surface area contributed by atoms with Crippen LogP contribution in [0.2, 0.25) is 0 Å². The third-order valence-electron chi connectivity index (χ3n) is 4.52. The molecule has 1 heterocycles. The van der Waals surface area contributed by atoms with Gasteiger partial charge in [-0.3, -0.25) is 14.5 Å². The molecule has 1 fully saturated rings. The van der Waals surface area contributed by atoms with Crippen molar-refractivity contribution >= 4 is 11.8 Å². The second kappa shape index (κ2) is 8.46. The lowest BCUT2D eigenvalue weighted by atomic mass is 9.94. The standard InChI is InChI=1S/C19H25F4N3O2/c1-18(2,3)17(28)26-8-6-25(7-9-26)12-16(27)24-11-13-4-5-14(20)10-15(13)19(21,22)23/h4-5,10H,6-9,11-12H2,1-3H3,(H,24,27). The molecule has 2 rings (SSSR count). The van der Waals surface area contributed by atoms with E-state index >= 15 is 0 Å². The van der Waals surface area contributed by atoms with Crippen LogP contribution in [0.1, 0.15) is 31.9 Å². The highest BCUT2D eigenvalue weighted by atomic mass is 19.4. The van der Waals surface area contributed by atoms with Gasteiger partial charge in [-0.25, -0.2) is 4.39 Å². The number of hydrogen-bond donors (Lipinski definition) is 1. The van der Waals surface area contributed by atoms with Crippen LogP contribution in [0.4, 0.5) is 17.6 Å². The normalized spacial score (nSPS) is 16.2. The van der Waals surface area contributed by atoms with Crippen LogP contribution in [0.5, 0.6) is 0 Å². The number of nitrogens with one attached hydrogen (secondary N) is 1. The number of benzene rings is 1. The predicted octanol–water partition coefficient (Wildman–Crippen LogP) is 2.65. The monoisotopic (exact) mass is 403 g/mol. The average Bonchev–Trinajstić information content (AvgIpc) is 2.59. The van der Waals surface area contributed by atoms with Crippen molar-refractivity contribution in [2.45, 2.75) is 33.5 Å². The zero-order chi connectivity index (χ0) is 21.1. The molecule has 0 bridgehead atoms. The SMILES string of the molecule is CC(C)(C)C(=O)N1CCN(CC(=O)NCc2ccc(F)cc2C(F)(F)F)CC1. The van der Waals surface area contributed by atoms with Crippen molar-refractivity contribution in [2.75, 3.05) is 32.7 Å². The third kappa shape index (κ3) is 5.92. The summed E-state index contributed by atoms with van der Waals surface area (Å²) in [6.45, 7) is 7.26. The van der Waals surface area contributed by atoms with E-state index in [0.29, 0.717) is 32.2 Å². The van der Waals surface area contributed by atoms with Crippen molar-refractivity contribution in [1.82, 2.24) is 15.1 Å². The minimum atomic E-state index is -4.70. The van der Waals surface area contributed by atoms with Crippen LogP contribution in [-0.2, 0) is 22.3 Å². The molecule has 1 aromatic rings. The van der Waals surface area contributed by atoms with Crippen molar-refractivity contribution in [3.63, 3.8) is 0 Å². The molecule has 2 amide bonds. The molecular weight excluding hydrogens is 378 g/mol. The maximum atomic E-state index is 13.1. The quantitative estimate of drug-likeness (QED) is 0.787. The van der Waals surface area contributed by atoms with E-state index in [0.717, 1.165) is 12.1 Å². The Morgan fingerprint density at radius 2 is 1.68 bits per heavy atom. The first-order valence-corrected chi connectivity index (χ1v) is 9.02. The summed E-state index contributed by atoms with van der Waals surface area (Å²) in [5.41, 5.74) is -1.75. The van der Waals surface area contributed by atoms with Gasteiger partial charge in [0.2, 0.25) is 11.8 Å². The minimum absolute atomic E-state index is 0.0279. The minimum Gasteiger partial charge on any atom is -0.351 e. The molecule has 0 spiro atoms. The van der Waals surface area contributed by atoms with E-state index < -0.39 is 28.9 Å². The molecule has 0 aliphatic carbocycles. The van der Waals surface area contributed by atoms with Gasteiger partial charge in [-0.05, 0) is 17.7 Å². The van der Waals surface area contributed by atoms with Crippen LogP contribution in [-0.4, -0.2) is 54.3 Å². The van der Waals surface area contributed by atoms with Gasteiger partial charge in [0.25, 0.3) is 0 Å². The largest absolute Gasteiger partial charge is 0.416 e. The first kappa shape index (κ1) is 22.1. The van der Waals surface area contributed by atoms with E-state index in [4.69, 9.17) is 0 Å². The van der Waals surface area contributed by atoms with Crippen molar-refractivity contribution in [3.8, 4) is 0 Å². The van der Waals surface area contributed by atoms with Crippen LogP contribution in [0.3, 0.4) is 0 Å². The highest BCUT2D eigenvalue weighted by Gasteiger charge is 2.34. The van der Waals surface area contributed by atoms with Gasteiger partial charge in [0, 0.05) is 38.1 Å². The number of alkyl halides is 3. The number of piperazine rings is 1. The third-order valence-corrected chi connectivity index (χ3v) is 4.52. The van der Waals surface area contributed by atoms with Crippen molar-refractivity contribution in [1.29, 1.82) is 0 Å². The van der Waals surface area contributed by atoms with Crippen LogP contribution in [0.15, 0.2) is 18.2 Å². The van der Waals surface area contributed by atoms with E-state index in [1.807, 2.05) is 25.7 Å². The highest BCUT2D eigenvalue weighted by Crippen LogP contribution is 2.32. The molecule has 1 N–H and O–H groups in total. The molecule has 1 aromatic carbocycles. The van der Waals surface area contributed by atoms with Crippen LogP contribution < -0.4 is 5.32 Å². The first-order valence-electron chi connectivity index (χ1n) is 9.02. The van der Waals surface area contributed by atoms with E-state index in [1.54, 1.807) is 4.90 Å². The van der Waals surface area contributed by atoms with Gasteiger partial charge in [-0.15, -0.1) is 0 Å². The fourth-order valence-electron chi connectivity index (χ4n) is 3.00. The molecule has 1 aliphatic rings. The molecule has 0 radical (unpaired) electrons. The van der Waals surface area contributed by atoms with E-state index in [-0.39, 0.29) is 24.6 Å². The average molecular weight is 403 g/mol. The fourth-order valence-corrected chi connectivity index (χ4v) is 3.00.